The van der Waals surface area contributed by atoms with Crippen LogP contribution >= 0.6 is 11.8 Å². The number of rotatable bonds is 5. The highest BCUT2D eigenvalue weighted by Gasteiger charge is 2.14. The van der Waals surface area contributed by atoms with Gasteiger partial charge in [0.05, 0.1) is 5.69 Å². The highest BCUT2D eigenvalue weighted by Crippen LogP contribution is 2.34. The molecule has 0 fully saturated rings. The van der Waals surface area contributed by atoms with Gasteiger partial charge in [-0.05, 0) is 42.8 Å². The molecule has 1 heterocycles. The molecule has 0 saturated carbocycles. The molecule has 1 aromatic heterocycles. The summed E-state index contributed by atoms with van der Waals surface area (Å²) in [6.07, 6.45) is 1.62. The van der Waals surface area contributed by atoms with Crippen molar-refractivity contribution in [3.63, 3.8) is 0 Å². The fourth-order valence-corrected chi connectivity index (χ4v) is 3.36. The molecule has 128 valence electrons. The Bertz CT molecular complexity index is 896. The van der Waals surface area contributed by atoms with Crippen LogP contribution in [-0.4, -0.2) is 20.7 Å². The fourth-order valence-electron chi connectivity index (χ4n) is 2.40. The van der Waals surface area contributed by atoms with E-state index in [-0.39, 0.29) is 17.0 Å². The molecule has 0 unspecified atom stereocenters. The summed E-state index contributed by atoms with van der Waals surface area (Å²) in [5.41, 5.74) is 2.42. The number of benzene rings is 2. The van der Waals surface area contributed by atoms with Crippen molar-refractivity contribution >= 4 is 23.4 Å². The minimum atomic E-state index is -0.255. The Hall–Kier alpha value is -2.67. The molecule has 5 nitrogen and oxygen atoms in total. The molecule has 0 spiro atoms. The molecule has 1 atom stereocenters. The minimum Gasteiger partial charge on any atom is -0.326 e. The third-order valence-electron chi connectivity index (χ3n) is 3.56. The number of hydrogen-bond acceptors (Lipinski definition) is 4. The van der Waals surface area contributed by atoms with Crippen molar-refractivity contribution in [2.45, 2.75) is 24.3 Å². The summed E-state index contributed by atoms with van der Waals surface area (Å²) in [6, 6.07) is 14.0. The average Bonchev–Trinajstić information content (AvgIpc) is 3.02. The van der Waals surface area contributed by atoms with Gasteiger partial charge < -0.3 is 5.32 Å². The van der Waals surface area contributed by atoms with Crippen LogP contribution in [0, 0.1) is 5.82 Å². The topological polar surface area (TPSA) is 59.8 Å². The van der Waals surface area contributed by atoms with E-state index in [4.69, 9.17) is 0 Å². The molecule has 0 saturated heterocycles. The number of nitrogens with one attached hydrogen (secondary N) is 1. The van der Waals surface area contributed by atoms with Crippen LogP contribution in [0.5, 0.6) is 0 Å². The molecule has 0 aliphatic heterocycles. The SMILES string of the molecule is CC(=O)Nc1cccc(-n2cnnc2S[C@H](C)c2cccc(F)c2)c1. The number of nitrogens with zero attached hydrogens (tertiary/aromatic N) is 3. The van der Waals surface area contributed by atoms with Crippen molar-refractivity contribution in [2.75, 3.05) is 5.32 Å². The highest BCUT2D eigenvalue weighted by molar-refractivity contribution is 7.99. The van der Waals surface area contributed by atoms with Gasteiger partial charge in [0.1, 0.15) is 12.1 Å². The van der Waals surface area contributed by atoms with Crippen molar-refractivity contribution in [1.29, 1.82) is 0 Å². The number of carbonyl (C=O) groups excluding carboxylic acids is 1. The van der Waals surface area contributed by atoms with Crippen molar-refractivity contribution in [3.8, 4) is 5.69 Å². The van der Waals surface area contributed by atoms with Crippen LogP contribution in [0.4, 0.5) is 10.1 Å². The highest BCUT2D eigenvalue weighted by atomic mass is 32.2. The normalized spacial score (nSPS) is 12.0. The van der Waals surface area contributed by atoms with Crippen LogP contribution in [0.25, 0.3) is 5.69 Å². The van der Waals surface area contributed by atoms with E-state index in [9.17, 15) is 9.18 Å². The van der Waals surface area contributed by atoms with Gasteiger partial charge in [-0.3, -0.25) is 9.36 Å². The fraction of sp³-hybridized carbons (Fsp3) is 0.167. The van der Waals surface area contributed by atoms with Gasteiger partial charge in [-0.2, -0.15) is 0 Å². The Morgan fingerprint density at radius 1 is 1.24 bits per heavy atom. The molecule has 25 heavy (non-hydrogen) atoms. The van der Waals surface area contributed by atoms with Gasteiger partial charge in [-0.1, -0.05) is 30.0 Å². The largest absolute Gasteiger partial charge is 0.326 e. The second-order valence-corrected chi connectivity index (χ2v) is 6.84. The first kappa shape index (κ1) is 17.2. The van der Waals surface area contributed by atoms with E-state index in [0.29, 0.717) is 10.8 Å². The predicted octanol–water partition coefficient (Wildman–Crippen LogP) is 4.22. The summed E-state index contributed by atoms with van der Waals surface area (Å²) in [6.45, 7) is 3.46. The molecule has 0 aliphatic rings. The lowest BCUT2D eigenvalue weighted by Gasteiger charge is -2.13. The van der Waals surface area contributed by atoms with Gasteiger partial charge in [0, 0.05) is 17.9 Å². The number of anilines is 1. The first-order chi connectivity index (χ1) is 12.0. The number of carbonyl (C=O) groups is 1. The van der Waals surface area contributed by atoms with Crippen LogP contribution < -0.4 is 5.32 Å². The zero-order valence-corrected chi connectivity index (χ0v) is 14.6. The molecule has 2 aromatic carbocycles. The van der Waals surface area contributed by atoms with Crippen molar-refractivity contribution in [1.82, 2.24) is 14.8 Å². The number of aromatic nitrogens is 3. The van der Waals surface area contributed by atoms with Gasteiger partial charge in [-0.25, -0.2) is 4.39 Å². The van der Waals surface area contributed by atoms with E-state index in [1.807, 2.05) is 41.8 Å². The first-order valence-electron chi connectivity index (χ1n) is 7.73. The maximum absolute atomic E-state index is 13.4. The molecule has 0 radical (unpaired) electrons. The second kappa shape index (κ2) is 7.48. The lowest BCUT2D eigenvalue weighted by molar-refractivity contribution is -0.114. The van der Waals surface area contributed by atoms with Gasteiger partial charge in [0.25, 0.3) is 0 Å². The maximum atomic E-state index is 13.4. The zero-order chi connectivity index (χ0) is 17.8. The van der Waals surface area contributed by atoms with E-state index >= 15 is 0 Å². The number of hydrogen-bond donors (Lipinski definition) is 1. The van der Waals surface area contributed by atoms with E-state index in [1.54, 1.807) is 12.4 Å². The molecule has 3 rings (SSSR count). The molecular formula is C18H17FN4OS. The smallest absolute Gasteiger partial charge is 0.221 e. The van der Waals surface area contributed by atoms with Crippen LogP contribution in [0.2, 0.25) is 0 Å². The molecule has 1 N–H and O–H groups in total. The Kier molecular flexibility index (Phi) is 5.14. The van der Waals surface area contributed by atoms with Crippen molar-refractivity contribution in [3.05, 3.63) is 66.2 Å². The molecule has 1 amide bonds. The zero-order valence-electron chi connectivity index (χ0n) is 13.8. The molecule has 0 aliphatic carbocycles. The number of halogens is 1. The number of thioether (sulfide) groups is 1. The monoisotopic (exact) mass is 356 g/mol. The summed E-state index contributed by atoms with van der Waals surface area (Å²) in [5, 5.41) is 11.6. The van der Waals surface area contributed by atoms with Crippen LogP contribution in [0.3, 0.4) is 0 Å². The summed E-state index contributed by atoms with van der Waals surface area (Å²) < 4.78 is 15.3. The average molecular weight is 356 g/mol. The molecule has 0 bridgehead atoms. The van der Waals surface area contributed by atoms with Gasteiger partial charge in [0.2, 0.25) is 5.91 Å². The van der Waals surface area contributed by atoms with Crippen molar-refractivity contribution < 1.29 is 9.18 Å². The quantitative estimate of drug-likeness (QED) is 0.696. The van der Waals surface area contributed by atoms with Crippen LogP contribution in [0.1, 0.15) is 24.7 Å². The summed E-state index contributed by atoms with van der Waals surface area (Å²) in [4.78, 5) is 11.2. The molecular weight excluding hydrogens is 339 g/mol. The number of amides is 1. The van der Waals surface area contributed by atoms with Crippen LogP contribution in [-0.2, 0) is 4.79 Å². The Morgan fingerprint density at radius 3 is 2.80 bits per heavy atom. The molecule has 3 aromatic rings. The predicted molar refractivity (Wildman–Crippen MR) is 96.3 cm³/mol. The molecule has 7 heteroatoms. The Balaban J connectivity index is 1.84. The summed E-state index contributed by atoms with van der Waals surface area (Å²) in [7, 11) is 0. The summed E-state index contributed by atoms with van der Waals surface area (Å²) in [5.74, 6) is -0.385. The standard InChI is InChI=1S/C18H17FN4OS/c1-12(14-5-3-6-15(19)9-14)25-18-22-20-11-23(18)17-8-4-7-16(10-17)21-13(2)24/h3-12H,1-2H3,(H,21,24)/t12-/m1/s1. The third-order valence-corrected chi connectivity index (χ3v) is 4.68. The minimum absolute atomic E-state index is 0.0113. The van der Waals surface area contributed by atoms with Crippen LogP contribution in [0.15, 0.2) is 60.0 Å². The Morgan fingerprint density at radius 2 is 2.04 bits per heavy atom. The second-order valence-electron chi connectivity index (χ2n) is 5.53. The lowest BCUT2D eigenvalue weighted by Crippen LogP contribution is -2.06. The van der Waals surface area contributed by atoms with E-state index in [2.05, 4.69) is 15.5 Å². The first-order valence-corrected chi connectivity index (χ1v) is 8.61. The Labute approximate surface area is 149 Å². The maximum Gasteiger partial charge on any atom is 0.221 e. The lowest BCUT2D eigenvalue weighted by atomic mass is 10.2. The third kappa shape index (κ3) is 4.24. The van der Waals surface area contributed by atoms with Gasteiger partial charge in [-0.15, -0.1) is 10.2 Å². The summed E-state index contributed by atoms with van der Waals surface area (Å²) >= 11 is 1.49. The van der Waals surface area contributed by atoms with E-state index in [1.165, 1.54) is 30.8 Å². The van der Waals surface area contributed by atoms with E-state index < -0.39 is 0 Å². The van der Waals surface area contributed by atoms with Gasteiger partial charge >= 0.3 is 0 Å². The van der Waals surface area contributed by atoms with E-state index in [0.717, 1.165) is 11.3 Å². The van der Waals surface area contributed by atoms with Gasteiger partial charge in [0.15, 0.2) is 5.16 Å². The van der Waals surface area contributed by atoms with Crippen molar-refractivity contribution in [2.24, 2.45) is 0 Å².